The zero-order chi connectivity index (χ0) is 19.1. The van der Waals surface area contributed by atoms with Gasteiger partial charge in [0, 0.05) is 16.7 Å². The molecule has 5 nitrogen and oxygen atoms in total. The number of nitrogens with one attached hydrogen (secondary N) is 1. The summed E-state index contributed by atoms with van der Waals surface area (Å²) in [4.78, 5) is 37.4. The predicted octanol–water partition coefficient (Wildman–Crippen LogP) is 3.94. The molecule has 5 heteroatoms. The second-order valence-electron chi connectivity index (χ2n) is 6.38. The molecule has 0 aromatic heterocycles. The average molecular weight is 356 g/mol. The van der Waals surface area contributed by atoms with Gasteiger partial charge in [0.15, 0.2) is 11.6 Å². The third kappa shape index (κ3) is 2.60. The first kappa shape index (κ1) is 16.7. The van der Waals surface area contributed by atoms with Crippen molar-refractivity contribution in [1.82, 2.24) is 0 Å². The Morgan fingerprint density at radius 3 is 2.19 bits per heavy atom. The number of amides is 1. The van der Waals surface area contributed by atoms with Gasteiger partial charge >= 0.3 is 0 Å². The van der Waals surface area contributed by atoms with E-state index in [2.05, 4.69) is 5.32 Å². The molecule has 0 aliphatic heterocycles. The SMILES string of the molecule is CC(=O)c1cccc(NC(=O)c2cccc3c2C(=O)c2ccccc2-3)c1N. The molecule has 0 saturated heterocycles. The van der Waals surface area contributed by atoms with Crippen LogP contribution in [-0.4, -0.2) is 17.5 Å². The minimum atomic E-state index is -0.444. The second-order valence-corrected chi connectivity index (χ2v) is 6.38. The fourth-order valence-electron chi connectivity index (χ4n) is 3.43. The van der Waals surface area contributed by atoms with E-state index in [9.17, 15) is 14.4 Å². The van der Waals surface area contributed by atoms with Crippen LogP contribution in [0.1, 0.15) is 43.6 Å². The first-order valence-corrected chi connectivity index (χ1v) is 8.47. The standard InChI is InChI=1S/C22H16N2O3/c1-12(25)13-8-5-11-18(20(13)23)24-22(27)17-10-4-9-15-14-6-2-3-7-16(14)21(26)19(15)17/h2-11H,23H2,1H3,(H,24,27). The molecule has 1 amide bonds. The lowest BCUT2D eigenvalue weighted by Crippen LogP contribution is -2.17. The van der Waals surface area contributed by atoms with Crippen molar-refractivity contribution in [3.05, 3.63) is 82.9 Å². The van der Waals surface area contributed by atoms with E-state index in [4.69, 9.17) is 5.73 Å². The number of hydrogen-bond donors (Lipinski definition) is 2. The fraction of sp³-hybridized carbons (Fsp3) is 0.0455. The number of para-hydroxylation sites is 1. The topological polar surface area (TPSA) is 89.3 Å². The number of carbonyl (C=O) groups excluding carboxylic acids is 3. The Balaban J connectivity index is 1.75. The Labute approximate surface area is 155 Å². The number of hydrogen-bond acceptors (Lipinski definition) is 4. The van der Waals surface area contributed by atoms with Crippen LogP contribution in [0, 0.1) is 0 Å². The number of anilines is 2. The van der Waals surface area contributed by atoms with E-state index in [0.717, 1.165) is 11.1 Å². The normalized spacial score (nSPS) is 11.7. The van der Waals surface area contributed by atoms with Crippen molar-refractivity contribution in [3.8, 4) is 11.1 Å². The second kappa shape index (κ2) is 6.21. The largest absolute Gasteiger partial charge is 0.396 e. The Kier molecular flexibility index (Phi) is 3.85. The zero-order valence-electron chi connectivity index (χ0n) is 14.6. The van der Waals surface area contributed by atoms with Crippen LogP contribution in [0.2, 0.25) is 0 Å². The first-order valence-electron chi connectivity index (χ1n) is 8.47. The van der Waals surface area contributed by atoms with Gasteiger partial charge in [0.05, 0.1) is 16.9 Å². The maximum absolute atomic E-state index is 12.9. The number of nitrogen functional groups attached to an aromatic ring is 1. The van der Waals surface area contributed by atoms with Crippen molar-refractivity contribution in [2.24, 2.45) is 0 Å². The van der Waals surface area contributed by atoms with Crippen molar-refractivity contribution in [2.45, 2.75) is 6.92 Å². The molecule has 1 aliphatic carbocycles. The van der Waals surface area contributed by atoms with E-state index in [0.29, 0.717) is 22.4 Å². The molecule has 3 N–H and O–H groups in total. The maximum atomic E-state index is 12.9. The van der Waals surface area contributed by atoms with Gasteiger partial charge < -0.3 is 11.1 Å². The summed E-state index contributed by atoms with van der Waals surface area (Å²) in [5.74, 6) is -0.799. The number of nitrogens with two attached hydrogens (primary N) is 1. The highest BCUT2D eigenvalue weighted by molar-refractivity contribution is 6.27. The Hall–Kier alpha value is -3.73. The van der Waals surface area contributed by atoms with E-state index < -0.39 is 5.91 Å². The summed E-state index contributed by atoms with van der Waals surface area (Å²) in [7, 11) is 0. The van der Waals surface area contributed by atoms with Gasteiger partial charge in [-0.3, -0.25) is 14.4 Å². The van der Waals surface area contributed by atoms with E-state index in [1.807, 2.05) is 18.2 Å². The van der Waals surface area contributed by atoms with Gasteiger partial charge in [0.2, 0.25) is 0 Å². The molecule has 27 heavy (non-hydrogen) atoms. The number of ketones is 2. The van der Waals surface area contributed by atoms with E-state index in [1.54, 1.807) is 42.5 Å². The van der Waals surface area contributed by atoms with Crippen LogP contribution in [0.15, 0.2) is 60.7 Å². The van der Waals surface area contributed by atoms with Crippen LogP contribution < -0.4 is 11.1 Å². The van der Waals surface area contributed by atoms with Crippen LogP contribution in [0.5, 0.6) is 0 Å². The van der Waals surface area contributed by atoms with Crippen molar-refractivity contribution < 1.29 is 14.4 Å². The molecule has 0 fully saturated rings. The molecule has 0 atom stereocenters. The molecule has 0 unspecified atom stereocenters. The molecule has 4 rings (SSSR count). The number of rotatable bonds is 3. The van der Waals surface area contributed by atoms with Crippen molar-refractivity contribution in [3.63, 3.8) is 0 Å². The average Bonchev–Trinajstić information content (AvgIpc) is 2.96. The van der Waals surface area contributed by atoms with Crippen LogP contribution in [0.4, 0.5) is 11.4 Å². The van der Waals surface area contributed by atoms with Gasteiger partial charge in [-0.25, -0.2) is 0 Å². The van der Waals surface area contributed by atoms with Gasteiger partial charge in [-0.15, -0.1) is 0 Å². The van der Waals surface area contributed by atoms with Crippen molar-refractivity contribution >= 4 is 28.8 Å². The summed E-state index contributed by atoms with van der Waals surface area (Å²) in [5, 5.41) is 2.73. The molecule has 3 aromatic rings. The van der Waals surface area contributed by atoms with Gasteiger partial charge in [0.25, 0.3) is 5.91 Å². The highest BCUT2D eigenvalue weighted by Crippen LogP contribution is 2.38. The van der Waals surface area contributed by atoms with Gasteiger partial charge in [-0.1, -0.05) is 42.5 Å². The summed E-state index contributed by atoms with van der Waals surface area (Å²) < 4.78 is 0. The summed E-state index contributed by atoms with van der Waals surface area (Å²) in [6.07, 6.45) is 0. The van der Waals surface area contributed by atoms with Crippen molar-refractivity contribution in [1.29, 1.82) is 0 Å². The molecular weight excluding hydrogens is 340 g/mol. The van der Waals surface area contributed by atoms with Crippen LogP contribution >= 0.6 is 0 Å². The highest BCUT2D eigenvalue weighted by atomic mass is 16.2. The molecule has 0 heterocycles. The first-order chi connectivity index (χ1) is 13.0. The van der Waals surface area contributed by atoms with Crippen LogP contribution in [-0.2, 0) is 0 Å². The Morgan fingerprint density at radius 1 is 0.815 bits per heavy atom. The Bertz CT molecular complexity index is 1130. The lowest BCUT2D eigenvalue weighted by molar-refractivity contribution is 0.0998. The van der Waals surface area contributed by atoms with Crippen LogP contribution in [0.25, 0.3) is 11.1 Å². The lowest BCUT2D eigenvalue weighted by Gasteiger charge is -2.12. The number of benzene rings is 3. The van der Waals surface area contributed by atoms with Crippen molar-refractivity contribution in [2.75, 3.05) is 11.1 Å². The maximum Gasteiger partial charge on any atom is 0.256 e. The summed E-state index contributed by atoms with van der Waals surface area (Å²) in [5.41, 5.74) is 9.73. The third-order valence-corrected chi connectivity index (χ3v) is 4.73. The minimum Gasteiger partial charge on any atom is -0.396 e. The molecule has 3 aromatic carbocycles. The van der Waals surface area contributed by atoms with E-state index in [-0.39, 0.29) is 22.8 Å². The molecule has 0 bridgehead atoms. The van der Waals surface area contributed by atoms with E-state index in [1.165, 1.54) is 6.92 Å². The smallest absolute Gasteiger partial charge is 0.256 e. The molecular formula is C22H16N2O3. The van der Waals surface area contributed by atoms with E-state index >= 15 is 0 Å². The minimum absolute atomic E-state index is 0.170. The van der Waals surface area contributed by atoms with Crippen LogP contribution in [0.3, 0.4) is 0 Å². The monoisotopic (exact) mass is 356 g/mol. The molecule has 0 saturated carbocycles. The van der Waals surface area contributed by atoms with Gasteiger partial charge in [-0.2, -0.15) is 0 Å². The number of carbonyl (C=O) groups is 3. The molecule has 132 valence electrons. The van der Waals surface area contributed by atoms with Gasteiger partial charge in [-0.05, 0) is 36.2 Å². The zero-order valence-corrected chi connectivity index (χ0v) is 14.6. The predicted molar refractivity (Wildman–Crippen MR) is 104 cm³/mol. The quantitative estimate of drug-likeness (QED) is 0.430. The highest BCUT2D eigenvalue weighted by Gasteiger charge is 2.30. The van der Waals surface area contributed by atoms with Gasteiger partial charge in [0.1, 0.15) is 0 Å². The fourth-order valence-corrected chi connectivity index (χ4v) is 3.43. The number of Topliss-reactive ketones (excluding diaryl/α,β-unsaturated/α-hetero) is 1. The summed E-state index contributed by atoms with van der Waals surface area (Å²) >= 11 is 0. The summed E-state index contributed by atoms with van der Waals surface area (Å²) in [6, 6.07) is 17.4. The number of fused-ring (bicyclic) bond motifs is 3. The summed E-state index contributed by atoms with van der Waals surface area (Å²) in [6.45, 7) is 1.41. The Morgan fingerprint density at radius 2 is 1.44 bits per heavy atom. The third-order valence-electron chi connectivity index (χ3n) is 4.73. The lowest BCUT2D eigenvalue weighted by atomic mass is 10.00. The molecule has 0 radical (unpaired) electrons. The molecule has 0 spiro atoms. The molecule has 1 aliphatic rings.